The molecule has 98 valence electrons. The van der Waals surface area contributed by atoms with Crippen LogP contribution in [0.25, 0.3) is 0 Å². The van der Waals surface area contributed by atoms with E-state index in [0.717, 1.165) is 19.3 Å². The highest BCUT2D eigenvalue weighted by atomic mass is 19.1. The number of benzene rings is 1. The Kier molecular flexibility index (Phi) is 3.97. The molecule has 1 fully saturated rings. The number of carbonyl (C=O) groups excluding carboxylic acids is 1. The van der Waals surface area contributed by atoms with E-state index in [1.807, 2.05) is 0 Å². The van der Waals surface area contributed by atoms with Gasteiger partial charge in [-0.2, -0.15) is 0 Å². The van der Waals surface area contributed by atoms with Crippen molar-refractivity contribution in [2.75, 3.05) is 5.32 Å². The van der Waals surface area contributed by atoms with Gasteiger partial charge < -0.3 is 11.1 Å². The Morgan fingerprint density at radius 2 is 2.28 bits per heavy atom. The zero-order chi connectivity index (χ0) is 13.1. The van der Waals surface area contributed by atoms with Crippen LogP contribution < -0.4 is 11.1 Å². The summed E-state index contributed by atoms with van der Waals surface area (Å²) in [5, 5.41) is 2.76. The van der Waals surface area contributed by atoms with Gasteiger partial charge in [-0.1, -0.05) is 12.5 Å². The van der Waals surface area contributed by atoms with Crippen LogP contribution in [0.4, 0.5) is 10.1 Å². The van der Waals surface area contributed by atoms with Gasteiger partial charge >= 0.3 is 0 Å². The minimum absolute atomic E-state index is 0.0777. The minimum Gasteiger partial charge on any atom is -0.327 e. The molecule has 0 aromatic heterocycles. The largest absolute Gasteiger partial charge is 0.327 e. The standard InChI is InChI=1S/C14H19FN2O/c1-9-11(15)5-3-7-13(9)17-14(18)8-10-4-2-6-12(10)16/h3,5,7,10,12H,2,4,6,8,16H2,1H3,(H,17,18)/t10-,12+/m0/s1. The van der Waals surface area contributed by atoms with Gasteiger partial charge in [0.25, 0.3) is 0 Å². The second kappa shape index (κ2) is 5.48. The Morgan fingerprint density at radius 1 is 1.50 bits per heavy atom. The van der Waals surface area contributed by atoms with Gasteiger partial charge in [0.1, 0.15) is 5.82 Å². The number of rotatable bonds is 3. The number of amides is 1. The predicted molar refractivity (Wildman–Crippen MR) is 69.7 cm³/mol. The number of anilines is 1. The molecule has 0 radical (unpaired) electrons. The second-order valence-corrected chi connectivity index (χ2v) is 5.02. The van der Waals surface area contributed by atoms with E-state index in [0.29, 0.717) is 17.7 Å². The monoisotopic (exact) mass is 250 g/mol. The molecule has 0 bridgehead atoms. The average molecular weight is 250 g/mol. The first-order valence-corrected chi connectivity index (χ1v) is 6.38. The Bertz CT molecular complexity index is 447. The van der Waals surface area contributed by atoms with Gasteiger partial charge in [-0.25, -0.2) is 4.39 Å². The van der Waals surface area contributed by atoms with Gasteiger partial charge in [-0.05, 0) is 37.8 Å². The lowest BCUT2D eigenvalue weighted by Crippen LogP contribution is -2.28. The fourth-order valence-electron chi connectivity index (χ4n) is 2.50. The van der Waals surface area contributed by atoms with Crippen LogP contribution >= 0.6 is 0 Å². The quantitative estimate of drug-likeness (QED) is 0.866. The third-order valence-electron chi connectivity index (χ3n) is 3.71. The topological polar surface area (TPSA) is 55.1 Å². The summed E-state index contributed by atoms with van der Waals surface area (Å²) in [6, 6.07) is 4.83. The van der Waals surface area contributed by atoms with E-state index in [2.05, 4.69) is 5.32 Å². The highest BCUT2D eigenvalue weighted by molar-refractivity contribution is 5.91. The molecular weight excluding hydrogens is 231 g/mol. The molecule has 0 heterocycles. The van der Waals surface area contributed by atoms with E-state index in [1.54, 1.807) is 19.1 Å². The number of hydrogen-bond donors (Lipinski definition) is 2. The molecule has 1 amide bonds. The Balaban J connectivity index is 1.97. The van der Waals surface area contributed by atoms with Crippen molar-refractivity contribution in [3.8, 4) is 0 Å². The molecule has 2 atom stereocenters. The van der Waals surface area contributed by atoms with Gasteiger partial charge in [0.2, 0.25) is 5.91 Å². The highest BCUT2D eigenvalue weighted by Crippen LogP contribution is 2.27. The predicted octanol–water partition coefficient (Wildman–Crippen LogP) is 2.59. The Morgan fingerprint density at radius 3 is 2.94 bits per heavy atom. The molecule has 0 aliphatic heterocycles. The maximum absolute atomic E-state index is 13.3. The summed E-state index contributed by atoms with van der Waals surface area (Å²) in [6.45, 7) is 1.66. The summed E-state index contributed by atoms with van der Waals surface area (Å²) in [6.07, 6.45) is 3.53. The zero-order valence-corrected chi connectivity index (χ0v) is 10.6. The third kappa shape index (κ3) is 2.88. The van der Waals surface area contributed by atoms with E-state index in [9.17, 15) is 9.18 Å². The van der Waals surface area contributed by atoms with Crippen molar-refractivity contribution in [1.29, 1.82) is 0 Å². The maximum atomic E-state index is 13.3. The first-order chi connectivity index (χ1) is 8.58. The van der Waals surface area contributed by atoms with Crippen molar-refractivity contribution in [1.82, 2.24) is 0 Å². The van der Waals surface area contributed by atoms with Crippen LogP contribution in [0.2, 0.25) is 0 Å². The number of nitrogens with two attached hydrogens (primary N) is 1. The summed E-state index contributed by atoms with van der Waals surface area (Å²) in [4.78, 5) is 11.9. The van der Waals surface area contributed by atoms with Gasteiger partial charge in [0.05, 0.1) is 0 Å². The van der Waals surface area contributed by atoms with Crippen molar-refractivity contribution in [2.24, 2.45) is 11.7 Å². The van der Waals surface area contributed by atoms with E-state index < -0.39 is 0 Å². The van der Waals surface area contributed by atoms with E-state index >= 15 is 0 Å². The van der Waals surface area contributed by atoms with E-state index in [1.165, 1.54) is 6.07 Å². The molecular formula is C14H19FN2O. The SMILES string of the molecule is Cc1c(F)cccc1NC(=O)C[C@@H]1CCC[C@H]1N. The van der Waals surface area contributed by atoms with Crippen molar-refractivity contribution in [2.45, 2.75) is 38.6 Å². The Labute approximate surface area is 107 Å². The van der Waals surface area contributed by atoms with Crippen LogP contribution in [0.15, 0.2) is 18.2 Å². The normalized spacial score (nSPS) is 23.1. The molecule has 3 nitrogen and oxygen atoms in total. The van der Waals surface area contributed by atoms with Crippen molar-refractivity contribution in [3.05, 3.63) is 29.6 Å². The van der Waals surface area contributed by atoms with E-state index in [4.69, 9.17) is 5.73 Å². The van der Waals surface area contributed by atoms with Crippen LogP contribution in [-0.4, -0.2) is 11.9 Å². The summed E-state index contributed by atoms with van der Waals surface area (Å²) in [5.41, 5.74) is 6.96. The molecule has 0 spiro atoms. The zero-order valence-electron chi connectivity index (χ0n) is 10.6. The molecule has 18 heavy (non-hydrogen) atoms. The summed E-state index contributed by atoms with van der Waals surface area (Å²) < 4.78 is 13.3. The summed E-state index contributed by atoms with van der Waals surface area (Å²) in [7, 11) is 0. The molecule has 2 rings (SSSR count). The molecule has 4 heteroatoms. The van der Waals surface area contributed by atoms with Crippen molar-refractivity contribution in [3.63, 3.8) is 0 Å². The molecule has 1 aliphatic rings. The van der Waals surface area contributed by atoms with Crippen LogP contribution in [-0.2, 0) is 4.79 Å². The van der Waals surface area contributed by atoms with Gasteiger partial charge in [0, 0.05) is 23.7 Å². The van der Waals surface area contributed by atoms with Crippen LogP contribution in [0.3, 0.4) is 0 Å². The number of nitrogens with one attached hydrogen (secondary N) is 1. The fraction of sp³-hybridized carbons (Fsp3) is 0.500. The van der Waals surface area contributed by atoms with Crippen LogP contribution in [0.1, 0.15) is 31.2 Å². The number of hydrogen-bond acceptors (Lipinski definition) is 2. The lowest BCUT2D eigenvalue weighted by molar-refractivity contribution is -0.117. The molecule has 1 saturated carbocycles. The lowest BCUT2D eigenvalue weighted by atomic mass is 10.00. The van der Waals surface area contributed by atoms with Crippen molar-refractivity contribution < 1.29 is 9.18 Å². The molecule has 1 aliphatic carbocycles. The van der Waals surface area contributed by atoms with Gasteiger partial charge in [-0.3, -0.25) is 4.79 Å². The lowest BCUT2D eigenvalue weighted by Gasteiger charge is -2.15. The van der Waals surface area contributed by atoms with Gasteiger partial charge in [-0.15, -0.1) is 0 Å². The molecule has 1 aromatic rings. The summed E-state index contributed by atoms with van der Waals surface area (Å²) >= 11 is 0. The minimum atomic E-state index is -0.301. The van der Waals surface area contributed by atoms with E-state index in [-0.39, 0.29) is 23.7 Å². The van der Waals surface area contributed by atoms with Gasteiger partial charge in [0.15, 0.2) is 0 Å². The average Bonchev–Trinajstić information content (AvgIpc) is 2.71. The smallest absolute Gasteiger partial charge is 0.224 e. The third-order valence-corrected chi connectivity index (χ3v) is 3.71. The first kappa shape index (κ1) is 13.0. The fourth-order valence-corrected chi connectivity index (χ4v) is 2.50. The Hall–Kier alpha value is -1.42. The molecule has 3 N–H and O–H groups in total. The van der Waals surface area contributed by atoms with Crippen LogP contribution in [0.5, 0.6) is 0 Å². The molecule has 1 aromatic carbocycles. The van der Waals surface area contributed by atoms with Crippen LogP contribution in [0, 0.1) is 18.7 Å². The highest BCUT2D eigenvalue weighted by Gasteiger charge is 2.26. The molecule has 0 saturated heterocycles. The second-order valence-electron chi connectivity index (χ2n) is 5.02. The number of carbonyl (C=O) groups is 1. The maximum Gasteiger partial charge on any atom is 0.224 e. The van der Waals surface area contributed by atoms with Crippen molar-refractivity contribution >= 4 is 11.6 Å². The first-order valence-electron chi connectivity index (χ1n) is 6.38. The number of halogens is 1. The summed E-state index contributed by atoms with van der Waals surface area (Å²) in [5.74, 6) is -0.115. The molecule has 0 unspecified atom stereocenters.